The van der Waals surface area contributed by atoms with Crippen LogP contribution in [-0.2, 0) is 11.3 Å². The number of carbonyl (C=O) groups is 1. The first-order valence-electron chi connectivity index (χ1n) is 7.99. The first kappa shape index (κ1) is 17.5. The molecule has 0 atom stereocenters. The van der Waals surface area contributed by atoms with Crippen LogP contribution in [-0.4, -0.2) is 24.1 Å². The molecule has 0 unspecified atom stereocenters. The molecule has 1 heterocycles. The SMILES string of the molecule is CN=c1scc(-c2ccc(C(C)C)cc2)n1CCCNC(C)=O. The van der Waals surface area contributed by atoms with Gasteiger partial charge < -0.3 is 9.88 Å². The summed E-state index contributed by atoms with van der Waals surface area (Å²) in [5.74, 6) is 0.558. The quantitative estimate of drug-likeness (QED) is 0.810. The molecule has 0 radical (unpaired) electrons. The largest absolute Gasteiger partial charge is 0.356 e. The molecule has 0 bridgehead atoms. The summed E-state index contributed by atoms with van der Waals surface area (Å²) >= 11 is 1.65. The van der Waals surface area contributed by atoms with E-state index < -0.39 is 0 Å². The van der Waals surface area contributed by atoms with Crippen LogP contribution in [0.15, 0.2) is 34.6 Å². The van der Waals surface area contributed by atoms with Gasteiger partial charge in [0.25, 0.3) is 0 Å². The number of nitrogens with one attached hydrogen (secondary N) is 1. The summed E-state index contributed by atoms with van der Waals surface area (Å²) in [6.45, 7) is 7.49. The molecule has 23 heavy (non-hydrogen) atoms. The van der Waals surface area contributed by atoms with Crippen molar-refractivity contribution in [2.45, 2.75) is 39.7 Å². The van der Waals surface area contributed by atoms with Crippen LogP contribution in [0, 0.1) is 0 Å². The molecule has 4 nitrogen and oxygen atoms in total. The highest BCUT2D eigenvalue weighted by Gasteiger charge is 2.08. The van der Waals surface area contributed by atoms with E-state index in [0.717, 1.165) is 17.8 Å². The minimum Gasteiger partial charge on any atom is -0.356 e. The standard InChI is InChI=1S/C18H25N3OS/c1-13(2)15-6-8-16(9-7-15)17-12-23-18(19-4)21(17)11-5-10-20-14(3)22/h6-9,12-13H,5,10-11H2,1-4H3,(H,20,22). The fraction of sp³-hybridized carbons (Fsp3) is 0.444. The van der Waals surface area contributed by atoms with E-state index in [1.165, 1.54) is 16.8 Å². The van der Waals surface area contributed by atoms with Crippen molar-refractivity contribution in [1.29, 1.82) is 0 Å². The van der Waals surface area contributed by atoms with E-state index in [4.69, 9.17) is 0 Å². The van der Waals surface area contributed by atoms with Crippen molar-refractivity contribution in [3.8, 4) is 11.3 Å². The normalized spacial score (nSPS) is 12.0. The van der Waals surface area contributed by atoms with Gasteiger partial charge in [0, 0.05) is 32.4 Å². The summed E-state index contributed by atoms with van der Waals surface area (Å²) in [6.07, 6.45) is 0.889. The van der Waals surface area contributed by atoms with Gasteiger partial charge in [-0.2, -0.15) is 0 Å². The highest BCUT2D eigenvalue weighted by atomic mass is 32.1. The van der Waals surface area contributed by atoms with E-state index in [-0.39, 0.29) is 5.91 Å². The van der Waals surface area contributed by atoms with Gasteiger partial charge in [0.1, 0.15) is 0 Å². The number of carbonyl (C=O) groups excluding carboxylic acids is 1. The van der Waals surface area contributed by atoms with Crippen LogP contribution in [0.1, 0.15) is 38.7 Å². The molecule has 0 saturated carbocycles. The van der Waals surface area contributed by atoms with Crippen LogP contribution < -0.4 is 10.1 Å². The summed E-state index contributed by atoms with van der Waals surface area (Å²) < 4.78 is 2.23. The molecule has 5 heteroatoms. The second-order valence-electron chi connectivity index (χ2n) is 5.89. The maximum absolute atomic E-state index is 11.0. The van der Waals surface area contributed by atoms with E-state index in [9.17, 15) is 4.79 Å². The molecule has 1 amide bonds. The lowest BCUT2D eigenvalue weighted by atomic mass is 10.0. The molecule has 124 valence electrons. The first-order chi connectivity index (χ1) is 11.0. The van der Waals surface area contributed by atoms with E-state index in [0.29, 0.717) is 12.5 Å². The molecule has 0 fully saturated rings. The Kier molecular flexibility index (Phi) is 6.16. The van der Waals surface area contributed by atoms with Crippen molar-refractivity contribution < 1.29 is 4.79 Å². The Bertz CT molecular complexity index is 711. The number of nitrogens with zero attached hydrogens (tertiary/aromatic N) is 2. The van der Waals surface area contributed by atoms with Crippen LogP contribution in [0.5, 0.6) is 0 Å². The maximum atomic E-state index is 11.0. The van der Waals surface area contributed by atoms with E-state index >= 15 is 0 Å². The van der Waals surface area contributed by atoms with Crippen molar-refractivity contribution in [1.82, 2.24) is 9.88 Å². The zero-order valence-corrected chi connectivity index (χ0v) is 15.1. The fourth-order valence-electron chi connectivity index (χ4n) is 2.49. The van der Waals surface area contributed by atoms with Crippen molar-refractivity contribution >= 4 is 17.2 Å². The van der Waals surface area contributed by atoms with Gasteiger partial charge in [0.15, 0.2) is 4.80 Å². The van der Waals surface area contributed by atoms with Gasteiger partial charge >= 0.3 is 0 Å². The topological polar surface area (TPSA) is 46.4 Å². The molecule has 0 aliphatic rings. The number of benzene rings is 1. The molecule has 1 aromatic heterocycles. The number of amides is 1. The van der Waals surface area contributed by atoms with Crippen LogP contribution in [0.25, 0.3) is 11.3 Å². The summed E-state index contributed by atoms with van der Waals surface area (Å²) in [5.41, 5.74) is 3.75. The summed E-state index contributed by atoms with van der Waals surface area (Å²) in [7, 11) is 1.82. The summed E-state index contributed by atoms with van der Waals surface area (Å²) in [6, 6.07) is 8.76. The second kappa shape index (κ2) is 8.11. The number of hydrogen-bond acceptors (Lipinski definition) is 3. The highest BCUT2D eigenvalue weighted by Crippen LogP contribution is 2.23. The Morgan fingerprint density at radius 1 is 1.30 bits per heavy atom. The monoisotopic (exact) mass is 331 g/mol. The maximum Gasteiger partial charge on any atom is 0.216 e. The molecule has 0 aliphatic heterocycles. The molecule has 2 rings (SSSR count). The van der Waals surface area contributed by atoms with Crippen molar-refractivity contribution in [3.63, 3.8) is 0 Å². The highest BCUT2D eigenvalue weighted by molar-refractivity contribution is 7.07. The lowest BCUT2D eigenvalue weighted by Gasteiger charge is -2.11. The van der Waals surface area contributed by atoms with E-state index in [2.05, 4.69) is 58.4 Å². The third kappa shape index (κ3) is 4.55. The molecule has 0 spiro atoms. The minimum absolute atomic E-state index is 0.0187. The van der Waals surface area contributed by atoms with Crippen LogP contribution >= 0.6 is 11.3 Å². The third-order valence-corrected chi connectivity index (χ3v) is 4.75. The predicted octanol–water partition coefficient (Wildman–Crippen LogP) is 3.40. The number of aromatic nitrogens is 1. The second-order valence-corrected chi connectivity index (χ2v) is 6.73. The van der Waals surface area contributed by atoms with Crippen LogP contribution in [0.3, 0.4) is 0 Å². The van der Waals surface area contributed by atoms with Gasteiger partial charge in [-0.3, -0.25) is 9.79 Å². The van der Waals surface area contributed by atoms with E-state index in [1.54, 1.807) is 18.3 Å². The molecular formula is C18H25N3OS. The lowest BCUT2D eigenvalue weighted by Crippen LogP contribution is -2.24. The van der Waals surface area contributed by atoms with Gasteiger partial charge in [-0.1, -0.05) is 38.1 Å². The Morgan fingerprint density at radius 2 is 2.00 bits per heavy atom. The van der Waals surface area contributed by atoms with Gasteiger partial charge in [-0.15, -0.1) is 11.3 Å². The van der Waals surface area contributed by atoms with E-state index in [1.807, 2.05) is 7.05 Å². The number of rotatable bonds is 6. The lowest BCUT2D eigenvalue weighted by molar-refractivity contribution is -0.118. The number of thiazole rings is 1. The Balaban J connectivity index is 2.21. The summed E-state index contributed by atoms with van der Waals surface area (Å²) in [5, 5.41) is 5.00. The zero-order chi connectivity index (χ0) is 16.8. The molecule has 1 aromatic carbocycles. The van der Waals surface area contributed by atoms with Gasteiger partial charge in [0.2, 0.25) is 5.91 Å². The predicted molar refractivity (Wildman–Crippen MR) is 96.6 cm³/mol. The zero-order valence-electron chi connectivity index (χ0n) is 14.3. The average molecular weight is 331 g/mol. The first-order valence-corrected chi connectivity index (χ1v) is 8.86. The van der Waals surface area contributed by atoms with Crippen LogP contribution in [0.2, 0.25) is 0 Å². The van der Waals surface area contributed by atoms with Crippen LogP contribution in [0.4, 0.5) is 0 Å². The smallest absolute Gasteiger partial charge is 0.216 e. The van der Waals surface area contributed by atoms with Gasteiger partial charge in [-0.05, 0) is 23.5 Å². The van der Waals surface area contributed by atoms with Crippen molar-refractivity contribution in [2.75, 3.05) is 13.6 Å². The molecule has 1 N–H and O–H groups in total. The minimum atomic E-state index is 0.0187. The third-order valence-electron chi connectivity index (χ3n) is 3.79. The van der Waals surface area contributed by atoms with Gasteiger partial charge in [-0.25, -0.2) is 0 Å². The molecule has 2 aromatic rings. The summed E-state index contributed by atoms with van der Waals surface area (Å²) in [4.78, 5) is 16.3. The molecule has 0 aliphatic carbocycles. The van der Waals surface area contributed by atoms with Crippen molar-refractivity contribution in [3.05, 3.63) is 40.0 Å². The molecular weight excluding hydrogens is 306 g/mol. The number of hydrogen-bond donors (Lipinski definition) is 1. The Labute approximate surface area is 141 Å². The Hall–Kier alpha value is -1.88. The van der Waals surface area contributed by atoms with Gasteiger partial charge in [0.05, 0.1) is 5.69 Å². The molecule has 0 saturated heterocycles. The Morgan fingerprint density at radius 3 is 2.57 bits per heavy atom. The van der Waals surface area contributed by atoms with Crippen molar-refractivity contribution in [2.24, 2.45) is 4.99 Å². The fourth-order valence-corrected chi connectivity index (χ4v) is 3.40. The average Bonchev–Trinajstić information content (AvgIpc) is 2.94.